The lowest BCUT2D eigenvalue weighted by Gasteiger charge is -2.16. The predicted molar refractivity (Wildman–Crippen MR) is 58.4 cm³/mol. The Morgan fingerprint density at radius 1 is 1.50 bits per heavy atom. The molecular weight excluding hydrogens is 240 g/mol. The zero-order chi connectivity index (χ0) is 10.2. The largest absolute Gasteiger partial charge is 0.323 e. The molecule has 2 N–H and O–H groups in total. The van der Waals surface area contributed by atoms with Gasteiger partial charge in [0.1, 0.15) is 0 Å². The second kappa shape index (κ2) is 3.38. The van der Waals surface area contributed by atoms with Crippen LogP contribution in [0.2, 0.25) is 0 Å². The van der Waals surface area contributed by atoms with Gasteiger partial charge in [0, 0.05) is 10.5 Å². The van der Waals surface area contributed by atoms with Crippen molar-refractivity contribution in [3.63, 3.8) is 0 Å². The molecule has 0 saturated heterocycles. The van der Waals surface area contributed by atoms with Crippen LogP contribution in [0.4, 0.5) is 0 Å². The van der Waals surface area contributed by atoms with Crippen molar-refractivity contribution >= 4 is 15.9 Å². The van der Waals surface area contributed by atoms with E-state index in [1.165, 1.54) is 0 Å². The number of nitriles is 1. The molecule has 0 aromatic heterocycles. The van der Waals surface area contributed by atoms with Crippen molar-refractivity contribution < 1.29 is 0 Å². The SMILES string of the molecule is N#CC1(C(N)c2cccc(Br)c2)CC1. The fourth-order valence-corrected chi connectivity index (χ4v) is 2.06. The number of rotatable bonds is 2. The van der Waals surface area contributed by atoms with Crippen LogP contribution in [0.3, 0.4) is 0 Å². The van der Waals surface area contributed by atoms with E-state index in [0.717, 1.165) is 22.9 Å². The van der Waals surface area contributed by atoms with Crippen LogP contribution in [-0.2, 0) is 0 Å². The van der Waals surface area contributed by atoms with Crippen molar-refractivity contribution in [2.75, 3.05) is 0 Å². The Morgan fingerprint density at radius 3 is 2.71 bits per heavy atom. The molecule has 0 bridgehead atoms. The number of hydrogen-bond acceptors (Lipinski definition) is 2. The van der Waals surface area contributed by atoms with Crippen LogP contribution in [0.5, 0.6) is 0 Å². The van der Waals surface area contributed by atoms with Gasteiger partial charge < -0.3 is 5.73 Å². The van der Waals surface area contributed by atoms with E-state index in [1.807, 2.05) is 24.3 Å². The van der Waals surface area contributed by atoms with E-state index < -0.39 is 0 Å². The third-order valence-electron chi connectivity index (χ3n) is 2.81. The summed E-state index contributed by atoms with van der Waals surface area (Å²) in [6, 6.07) is 10.1. The van der Waals surface area contributed by atoms with E-state index in [9.17, 15) is 0 Å². The minimum Gasteiger partial charge on any atom is -0.323 e. The van der Waals surface area contributed by atoms with Crippen LogP contribution in [0, 0.1) is 16.7 Å². The molecule has 0 heterocycles. The number of nitrogens with two attached hydrogens (primary N) is 1. The van der Waals surface area contributed by atoms with E-state index in [4.69, 9.17) is 11.0 Å². The molecule has 1 atom stereocenters. The van der Waals surface area contributed by atoms with Gasteiger partial charge in [0.15, 0.2) is 0 Å². The smallest absolute Gasteiger partial charge is 0.0767 e. The molecule has 1 saturated carbocycles. The molecular formula is C11H11BrN2. The summed E-state index contributed by atoms with van der Waals surface area (Å²) in [7, 11) is 0. The Balaban J connectivity index is 2.28. The predicted octanol–water partition coefficient (Wildman–Crippen LogP) is 2.75. The number of nitrogens with zero attached hydrogens (tertiary/aromatic N) is 1. The van der Waals surface area contributed by atoms with Gasteiger partial charge in [-0.05, 0) is 30.5 Å². The second-order valence-corrected chi connectivity index (χ2v) is 4.72. The van der Waals surface area contributed by atoms with Crippen molar-refractivity contribution in [1.82, 2.24) is 0 Å². The third kappa shape index (κ3) is 1.56. The maximum atomic E-state index is 9.02. The molecule has 1 unspecified atom stereocenters. The Hall–Kier alpha value is -0.850. The van der Waals surface area contributed by atoms with Crippen molar-refractivity contribution in [3.05, 3.63) is 34.3 Å². The zero-order valence-corrected chi connectivity index (χ0v) is 9.29. The molecule has 2 nitrogen and oxygen atoms in total. The average molecular weight is 251 g/mol. The van der Waals surface area contributed by atoms with Crippen LogP contribution >= 0.6 is 15.9 Å². The van der Waals surface area contributed by atoms with Gasteiger partial charge in [-0.3, -0.25) is 0 Å². The summed E-state index contributed by atoms with van der Waals surface area (Å²) >= 11 is 3.40. The third-order valence-corrected chi connectivity index (χ3v) is 3.31. The first-order valence-corrected chi connectivity index (χ1v) is 5.39. The maximum Gasteiger partial charge on any atom is 0.0767 e. The van der Waals surface area contributed by atoms with Gasteiger partial charge >= 0.3 is 0 Å². The van der Waals surface area contributed by atoms with Crippen LogP contribution in [-0.4, -0.2) is 0 Å². The monoisotopic (exact) mass is 250 g/mol. The van der Waals surface area contributed by atoms with Crippen molar-refractivity contribution in [1.29, 1.82) is 5.26 Å². The first-order chi connectivity index (χ1) is 6.68. The standard InChI is InChI=1S/C11H11BrN2/c12-9-3-1-2-8(6-9)10(14)11(7-13)4-5-11/h1-3,6,10H,4-5,14H2. The molecule has 1 aliphatic carbocycles. The maximum absolute atomic E-state index is 9.02. The van der Waals surface area contributed by atoms with Gasteiger partial charge in [-0.25, -0.2) is 0 Å². The molecule has 1 fully saturated rings. The van der Waals surface area contributed by atoms with E-state index >= 15 is 0 Å². The van der Waals surface area contributed by atoms with Gasteiger partial charge in [0.05, 0.1) is 11.5 Å². The first kappa shape index (κ1) is 9.70. The summed E-state index contributed by atoms with van der Waals surface area (Å²) in [5.41, 5.74) is 6.82. The van der Waals surface area contributed by atoms with Gasteiger partial charge in [-0.1, -0.05) is 28.1 Å². The Kier molecular flexibility index (Phi) is 2.34. The fraction of sp³-hybridized carbons (Fsp3) is 0.364. The summed E-state index contributed by atoms with van der Waals surface area (Å²) < 4.78 is 1.01. The molecule has 0 aliphatic heterocycles. The van der Waals surface area contributed by atoms with Gasteiger partial charge in [-0.2, -0.15) is 5.26 Å². The lowest BCUT2D eigenvalue weighted by molar-refractivity contribution is 0.519. The van der Waals surface area contributed by atoms with E-state index in [2.05, 4.69) is 22.0 Å². The summed E-state index contributed by atoms with van der Waals surface area (Å²) in [5.74, 6) is 0. The molecule has 0 radical (unpaired) electrons. The first-order valence-electron chi connectivity index (χ1n) is 4.60. The van der Waals surface area contributed by atoms with Gasteiger partial charge in [0.2, 0.25) is 0 Å². The average Bonchev–Trinajstić information content (AvgIpc) is 2.97. The van der Waals surface area contributed by atoms with Crippen LogP contribution in [0.1, 0.15) is 24.4 Å². The highest BCUT2D eigenvalue weighted by Gasteiger charge is 2.49. The van der Waals surface area contributed by atoms with Crippen molar-refractivity contribution in [2.45, 2.75) is 18.9 Å². The number of halogens is 1. The molecule has 72 valence electrons. The summed E-state index contributed by atoms with van der Waals surface area (Å²) in [6.07, 6.45) is 1.86. The minimum atomic E-state index is -0.291. The Bertz CT molecular complexity index is 391. The summed E-state index contributed by atoms with van der Waals surface area (Å²) in [6.45, 7) is 0. The molecule has 1 aliphatic rings. The van der Waals surface area contributed by atoms with Crippen molar-refractivity contribution in [3.8, 4) is 6.07 Å². The lowest BCUT2D eigenvalue weighted by atomic mass is 9.92. The zero-order valence-electron chi connectivity index (χ0n) is 7.70. The molecule has 0 amide bonds. The molecule has 1 aromatic rings. The van der Waals surface area contributed by atoms with Crippen LogP contribution in [0.25, 0.3) is 0 Å². The molecule has 3 heteroatoms. The highest BCUT2D eigenvalue weighted by atomic mass is 79.9. The van der Waals surface area contributed by atoms with Crippen molar-refractivity contribution in [2.24, 2.45) is 11.1 Å². The lowest BCUT2D eigenvalue weighted by Crippen LogP contribution is -2.21. The van der Waals surface area contributed by atoms with Crippen LogP contribution < -0.4 is 5.73 Å². The quantitative estimate of drug-likeness (QED) is 0.878. The molecule has 14 heavy (non-hydrogen) atoms. The Labute approximate surface area is 91.9 Å². The summed E-state index contributed by atoms with van der Waals surface area (Å²) in [4.78, 5) is 0. The molecule has 1 aromatic carbocycles. The minimum absolute atomic E-state index is 0.148. The molecule has 2 rings (SSSR count). The Morgan fingerprint density at radius 2 is 2.21 bits per heavy atom. The molecule has 0 spiro atoms. The normalized spacial score (nSPS) is 19.8. The van der Waals surface area contributed by atoms with E-state index in [1.54, 1.807) is 0 Å². The highest BCUT2D eigenvalue weighted by molar-refractivity contribution is 9.10. The van der Waals surface area contributed by atoms with E-state index in [0.29, 0.717) is 0 Å². The highest BCUT2D eigenvalue weighted by Crippen LogP contribution is 2.53. The second-order valence-electron chi connectivity index (χ2n) is 3.80. The number of benzene rings is 1. The summed E-state index contributed by atoms with van der Waals surface area (Å²) in [5, 5.41) is 9.02. The van der Waals surface area contributed by atoms with Gasteiger partial charge in [-0.15, -0.1) is 0 Å². The fourth-order valence-electron chi connectivity index (χ4n) is 1.65. The van der Waals surface area contributed by atoms with E-state index in [-0.39, 0.29) is 11.5 Å². The number of hydrogen-bond donors (Lipinski definition) is 1. The topological polar surface area (TPSA) is 49.8 Å². The van der Waals surface area contributed by atoms with Gasteiger partial charge in [0.25, 0.3) is 0 Å². The van der Waals surface area contributed by atoms with Crippen LogP contribution in [0.15, 0.2) is 28.7 Å².